The summed E-state index contributed by atoms with van der Waals surface area (Å²) in [4.78, 5) is 12.0. The molecule has 0 aliphatic carbocycles. The number of aliphatic hydroxyl groups is 2. The largest absolute Gasteiger partial charge is 0.394 e. The maximum Gasteiger partial charge on any atom is 0.151 e. The summed E-state index contributed by atoms with van der Waals surface area (Å²) < 4.78 is 5.63. The lowest BCUT2D eigenvalue weighted by Gasteiger charge is -2.38. The van der Waals surface area contributed by atoms with Crippen LogP contribution in [0.3, 0.4) is 0 Å². The molecule has 3 aliphatic rings. The van der Waals surface area contributed by atoms with Crippen LogP contribution in [0.2, 0.25) is 0 Å². The van der Waals surface area contributed by atoms with Crippen molar-refractivity contribution in [2.24, 2.45) is 9.98 Å². The predicted molar refractivity (Wildman–Crippen MR) is 68.3 cm³/mol. The highest BCUT2D eigenvalue weighted by Crippen LogP contribution is 2.29. The van der Waals surface area contributed by atoms with E-state index in [1.807, 2.05) is 16.8 Å². The molecular formula is C11H17N5O3. The third-order valence-electron chi connectivity index (χ3n) is 3.74. The van der Waals surface area contributed by atoms with Crippen molar-refractivity contribution in [1.82, 2.24) is 9.80 Å². The van der Waals surface area contributed by atoms with E-state index in [1.54, 1.807) is 12.7 Å². The minimum Gasteiger partial charge on any atom is -0.394 e. The van der Waals surface area contributed by atoms with Crippen LogP contribution in [0.5, 0.6) is 0 Å². The Balaban J connectivity index is 1.78. The molecule has 0 bridgehead atoms. The highest BCUT2D eigenvalue weighted by atomic mass is 16.5. The van der Waals surface area contributed by atoms with Crippen LogP contribution in [-0.2, 0) is 4.74 Å². The van der Waals surface area contributed by atoms with Gasteiger partial charge in [0.1, 0.15) is 24.5 Å². The van der Waals surface area contributed by atoms with Crippen molar-refractivity contribution in [3.63, 3.8) is 0 Å². The van der Waals surface area contributed by atoms with Crippen LogP contribution < -0.4 is 0 Å². The van der Waals surface area contributed by atoms with E-state index < -0.39 is 12.2 Å². The fraction of sp³-hybridized carbons (Fsp3) is 0.727. The van der Waals surface area contributed by atoms with Crippen LogP contribution in [0.15, 0.2) is 9.98 Å². The van der Waals surface area contributed by atoms with Crippen LogP contribution >= 0.6 is 0 Å². The molecule has 3 aliphatic heterocycles. The van der Waals surface area contributed by atoms with Crippen LogP contribution in [0, 0.1) is 5.41 Å². The van der Waals surface area contributed by atoms with Crippen molar-refractivity contribution >= 4 is 18.5 Å². The molecule has 0 saturated carbocycles. The molecule has 0 aromatic heterocycles. The Hall–Kier alpha value is -1.51. The average Bonchev–Trinajstić information content (AvgIpc) is 2.97. The molecule has 0 amide bonds. The maximum absolute atomic E-state index is 9.80. The van der Waals surface area contributed by atoms with E-state index in [-0.39, 0.29) is 30.9 Å². The molecule has 8 heteroatoms. The third kappa shape index (κ3) is 1.92. The van der Waals surface area contributed by atoms with Gasteiger partial charge in [0.25, 0.3) is 0 Å². The third-order valence-corrected chi connectivity index (χ3v) is 3.74. The van der Waals surface area contributed by atoms with Crippen LogP contribution in [0.1, 0.15) is 6.42 Å². The van der Waals surface area contributed by atoms with Gasteiger partial charge in [-0.3, -0.25) is 10.4 Å². The molecule has 3 heterocycles. The van der Waals surface area contributed by atoms with Crippen LogP contribution in [-0.4, -0.2) is 82.8 Å². The van der Waals surface area contributed by atoms with Crippen molar-refractivity contribution in [2.45, 2.75) is 37.1 Å². The molecule has 0 aromatic carbocycles. The zero-order valence-electron chi connectivity index (χ0n) is 10.5. The summed E-state index contributed by atoms with van der Waals surface area (Å²) in [7, 11) is 1.87. The molecule has 2 unspecified atom stereocenters. The number of hydrogen-bond donors (Lipinski definition) is 3. The van der Waals surface area contributed by atoms with E-state index in [0.717, 1.165) is 0 Å². The number of nitrogens with one attached hydrogen (secondary N) is 1. The summed E-state index contributed by atoms with van der Waals surface area (Å²) in [6.07, 6.45) is 1.93. The van der Waals surface area contributed by atoms with E-state index in [0.29, 0.717) is 6.42 Å². The topological polar surface area (TPSA) is 105 Å². The van der Waals surface area contributed by atoms with Gasteiger partial charge < -0.3 is 24.7 Å². The molecule has 3 N–H and O–H groups in total. The highest BCUT2D eigenvalue weighted by Gasteiger charge is 2.45. The first-order chi connectivity index (χ1) is 9.11. The number of ether oxygens (including phenoxy) is 1. The molecule has 0 spiro atoms. The smallest absolute Gasteiger partial charge is 0.151 e. The Morgan fingerprint density at radius 1 is 1.53 bits per heavy atom. The summed E-state index contributed by atoms with van der Waals surface area (Å²) in [6, 6.07) is -0.330. The Labute approximate surface area is 110 Å². The summed E-state index contributed by atoms with van der Waals surface area (Å²) in [5.41, 5.74) is 0. The van der Waals surface area contributed by atoms with Gasteiger partial charge in [-0.25, -0.2) is 4.99 Å². The standard InChI is InChI=1S/C11H17N5O3/c1-15-4-14-10(12)9-11(15)16(5-13-9)8-2-6(18)7(3-17)19-8/h4-9,11-12,17-18H,2-3H2,1H3/t6-,7+,8+,9?,11?/m0/s1. The van der Waals surface area contributed by atoms with Gasteiger partial charge >= 0.3 is 0 Å². The second-order valence-corrected chi connectivity index (χ2v) is 4.98. The lowest BCUT2D eigenvalue weighted by molar-refractivity contribution is -0.0731. The van der Waals surface area contributed by atoms with E-state index >= 15 is 0 Å². The summed E-state index contributed by atoms with van der Waals surface area (Å²) in [5, 5.41) is 26.7. The van der Waals surface area contributed by atoms with Gasteiger partial charge in [-0.1, -0.05) is 0 Å². The number of amidine groups is 1. The maximum atomic E-state index is 9.80. The first-order valence-electron chi connectivity index (χ1n) is 6.21. The first kappa shape index (κ1) is 12.5. The Kier molecular flexibility index (Phi) is 3.00. The first-order valence-corrected chi connectivity index (χ1v) is 6.21. The van der Waals surface area contributed by atoms with E-state index in [9.17, 15) is 5.11 Å². The van der Waals surface area contributed by atoms with Crippen molar-refractivity contribution in [3.8, 4) is 0 Å². The molecule has 1 saturated heterocycles. The fourth-order valence-corrected chi connectivity index (χ4v) is 2.71. The van der Waals surface area contributed by atoms with Crippen molar-refractivity contribution in [3.05, 3.63) is 0 Å². The molecule has 104 valence electrons. The Morgan fingerprint density at radius 2 is 2.32 bits per heavy atom. The normalized spacial score (nSPS) is 41.2. The number of nitrogens with zero attached hydrogens (tertiary/aromatic N) is 4. The lowest BCUT2D eigenvalue weighted by Crippen LogP contribution is -2.55. The van der Waals surface area contributed by atoms with Gasteiger partial charge in [0.15, 0.2) is 5.84 Å². The molecule has 8 nitrogen and oxygen atoms in total. The number of hydrogen-bond acceptors (Lipinski definition) is 7. The highest BCUT2D eigenvalue weighted by molar-refractivity contribution is 5.96. The molecule has 5 atom stereocenters. The van der Waals surface area contributed by atoms with Gasteiger partial charge in [-0.15, -0.1) is 0 Å². The summed E-state index contributed by atoms with van der Waals surface area (Å²) in [5.74, 6) is 0.221. The van der Waals surface area contributed by atoms with Gasteiger partial charge in [0.2, 0.25) is 0 Å². The number of rotatable bonds is 2. The van der Waals surface area contributed by atoms with Crippen molar-refractivity contribution in [2.75, 3.05) is 13.7 Å². The fourth-order valence-electron chi connectivity index (χ4n) is 2.71. The van der Waals surface area contributed by atoms with E-state index in [4.69, 9.17) is 15.3 Å². The minimum absolute atomic E-state index is 0.153. The quantitative estimate of drug-likeness (QED) is 0.561. The number of aliphatic hydroxyl groups excluding tert-OH is 2. The van der Waals surface area contributed by atoms with Gasteiger partial charge in [-0.2, -0.15) is 0 Å². The zero-order valence-corrected chi connectivity index (χ0v) is 10.5. The van der Waals surface area contributed by atoms with Gasteiger partial charge in [-0.05, 0) is 0 Å². The zero-order chi connectivity index (χ0) is 13.6. The van der Waals surface area contributed by atoms with E-state index in [2.05, 4.69) is 9.98 Å². The lowest BCUT2D eigenvalue weighted by atomic mass is 10.1. The van der Waals surface area contributed by atoms with Crippen LogP contribution in [0.25, 0.3) is 0 Å². The monoisotopic (exact) mass is 267 g/mol. The molecule has 1 fully saturated rings. The molecule has 19 heavy (non-hydrogen) atoms. The molecule has 0 radical (unpaired) electrons. The van der Waals surface area contributed by atoms with Gasteiger partial charge in [0, 0.05) is 13.5 Å². The Morgan fingerprint density at radius 3 is 3.00 bits per heavy atom. The molecule has 0 aromatic rings. The van der Waals surface area contributed by atoms with Gasteiger partial charge in [0.05, 0.1) is 25.4 Å². The second kappa shape index (κ2) is 4.55. The molecular weight excluding hydrogens is 250 g/mol. The number of aliphatic imine (C=N–C) groups is 2. The second-order valence-electron chi connectivity index (χ2n) is 4.98. The molecule has 3 rings (SSSR count). The average molecular weight is 267 g/mol. The van der Waals surface area contributed by atoms with Crippen LogP contribution in [0.4, 0.5) is 0 Å². The number of likely N-dealkylation sites (N-methyl/N-ethyl adjacent to an activating group) is 1. The number of fused-ring (bicyclic) bond motifs is 1. The summed E-state index contributed by atoms with van der Waals surface area (Å²) in [6.45, 7) is -0.205. The van der Waals surface area contributed by atoms with Crippen molar-refractivity contribution in [1.29, 1.82) is 5.41 Å². The minimum atomic E-state index is -0.676. The van der Waals surface area contributed by atoms with E-state index in [1.165, 1.54) is 0 Å². The SMILES string of the molecule is CN1C=NC(=N)C2N=CN([C@H]3C[C@H](O)[C@@H](CO)O3)C21. The predicted octanol–water partition coefficient (Wildman–Crippen LogP) is -1.56. The van der Waals surface area contributed by atoms with Crippen molar-refractivity contribution < 1.29 is 14.9 Å². The summed E-state index contributed by atoms with van der Waals surface area (Å²) >= 11 is 0. The Bertz CT molecular complexity index is 440.